The standard InChI is InChI=1S/C88H62N4O2Si/c1-88(2,3)61-48-49-89-85(53-61)92-80-40-20-18-36-73(80)74-45-43-64(55-81(74)92)93-63-27-22-26-62(54-63)90-57-91-86-69(58-24-8-4-9-25-58)38-23-39-76(86)77-56-68(95(65-28-10-5-11-29-65,66-30-12-6-13-31-66)67-32-14-7-15-33-67)44-46-72(77)70-34-16-17-35-71(70)79-51-60(52-82(90)87(79)91)59-42-47-84-78(50-59)75-37-19-21-41-83(75)94-84/h4-56H,1-3H3/i4D,5D,6D,7D,8D,9D,10D,11D,12D,13D,14D,15D,24D,25D,28D,29D,30D,31D,32D,33D. The largest absolute Gasteiger partial charge is 0.458 e. The number of fused-ring (bicyclic) bond motifs is 13. The van der Waals surface area contributed by atoms with E-state index < -0.39 is 144 Å². The van der Waals surface area contributed by atoms with Crippen molar-refractivity contribution in [2.75, 3.05) is 0 Å². The average molecular weight is 1260 g/mol. The van der Waals surface area contributed by atoms with Gasteiger partial charge in [-0.15, -0.1) is 0 Å². The molecule has 1 aliphatic rings. The van der Waals surface area contributed by atoms with Gasteiger partial charge in [0.1, 0.15) is 28.5 Å². The predicted octanol–water partition coefficient (Wildman–Crippen LogP) is 19.2. The van der Waals surface area contributed by atoms with Gasteiger partial charge in [0.2, 0.25) is 0 Å². The highest BCUT2D eigenvalue weighted by Crippen LogP contribution is 2.47. The van der Waals surface area contributed by atoms with Crippen LogP contribution in [0.25, 0.3) is 128 Å². The number of rotatable bonds is 10. The molecule has 0 radical (unpaired) electrons. The molecule has 0 N–H and O–H groups in total. The van der Waals surface area contributed by atoms with E-state index >= 15 is 0 Å². The molecule has 0 spiro atoms. The molecule has 5 heterocycles. The van der Waals surface area contributed by atoms with Crippen LogP contribution in [0.1, 0.15) is 53.7 Å². The number of para-hydroxylation sites is 3. The van der Waals surface area contributed by atoms with Gasteiger partial charge < -0.3 is 9.15 Å². The molecule has 0 saturated heterocycles. The number of imidazole rings is 1. The van der Waals surface area contributed by atoms with Crippen molar-refractivity contribution in [3.63, 3.8) is 0 Å². The second-order valence-electron chi connectivity index (χ2n) is 24.5. The van der Waals surface area contributed by atoms with Gasteiger partial charge in [-0.1, -0.05) is 257 Å². The van der Waals surface area contributed by atoms with Crippen LogP contribution in [0.4, 0.5) is 0 Å². The summed E-state index contributed by atoms with van der Waals surface area (Å²) >= 11 is 0. The Morgan fingerprint density at radius 3 is 1.80 bits per heavy atom. The van der Waals surface area contributed by atoms with Gasteiger partial charge >= 0.3 is 0 Å². The third-order valence-electron chi connectivity index (χ3n) is 18.2. The Balaban J connectivity index is 0.975. The van der Waals surface area contributed by atoms with E-state index in [1.165, 1.54) is 12.1 Å². The van der Waals surface area contributed by atoms with E-state index in [1.807, 2.05) is 144 Å². The van der Waals surface area contributed by atoms with Crippen LogP contribution < -0.4 is 30.1 Å². The Morgan fingerprint density at radius 2 is 1.05 bits per heavy atom. The number of ether oxygens (including phenoxy) is 1. The highest BCUT2D eigenvalue weighted by Gasteiger charge is 2.42. The summed E-state index contributed by atoms with van der Waals surface area (Å²) in [6, 6.07) is 43.2. The van der Waals surface area contributed by atoms with Crippen LogP contribution in [-0.4, -0.2) is 22.2 Å². The number of benzene rings is 13. The molecule has 4 aromatic heterocycles. The summed E-state index contributed by atoms with van der Waals surface area (Å²) in [6.07, 6.45) is 5.58. The van der Waals surface area contributed by atoms with Crippen LogP contribution in [0.3, 0.4) is 0 Å². The first-order valence-electron chi connectivity index (χ1n) is 40.9. The van der Waals surface area contributed by atoms with E-state index in [9.17, 15) is 21.9 Å². The lowest BCUT2D eigenvalue weighted by molar-refractivity contribution is -0.570. The minimum absolute atomic E-state index is 0.0556. The molecule has 18 rings (SSSR count). The molecule has 13 aromatic carbocycles. The van der Waals surface area contributed by atoms with Crippen molar-refractivity contribution < 1.29 is 41.1 Å². The normalized spacial score (nSPS) is 15.1. The lowest BCUT2D eigenvalue weighted by Crippen LogP contribution is -2.74. The molecule has 0 fully saturated rings. The van der Waals surface area contributed by atoms with Crippen molar-refractivity contribution in [1.82, 2.24) is 14.1 Å². The van der Waals surface area contributed by atoms with Crippen LogP contribution in [0.2, 0.25) is 0 Å². The van der Waals surface area contributed by atoms with Gasteiger partial charge in [0.05, 0.1) is 60.9 Å². The fraction of sp³-hybridized carbons (Fsp3) is 0.0455. The van der Waals surface area contributed by atoms with Crippen molar-refractivity contribution in [2.45, 2.75) is 26.2 Å². The molecule has 0 atom stereocenters. The fourth-order valence-corrected chi connectivity index (χ4v) is 17.7. The maximum absolute atomic E-state index is 10.0. The molecular formula is C88H62N4O2Si. The molecule has 0 amide bonds. The van der Waals surface area contributed by atoms with Gasteiger partial charge in [-0.05, 0) is 160 Å². The Bertz CT molecular complexity index is 6880. The van der Waals surface area contributed by atoms with Crippen molar-refractivity contribution in [3.8, 4) is 84.3 Å². The summed E-state index contributed by atoms with van der Waals surface area (Å²) < 4.78 is 209. The van der Waals surface area contributed by atoms with Crippen LogP contribution in [0, 0.1) is 6.33 Å². The van der Waals surface area contributed by atoms with Gasteiger partial charge in [-0.3, -0.25) is 13.7 Å². The monoisotopic (exact) mass is 1250 g/mol. The molecule has 0 unspecified atom stereocenters. The van der Waals surface area contributed by atoms with E-state index in [0.29, 0.717) is 67.2 Å². The Kier molecular flexibility index (Phi) is 9.06. The first kappa shape index (κ1) is 38.8. The first-order valence-corrected chi connectivity index (χ1v) is 32.9. The van der Waals surface area contributed by atoms with E-state index in [-0.39, 0.29) is 38.5 Å². The number of nitrogens with zero attached hydrogens (tertiary/aromatic N) is 4. The molecule has 95 heavy (non-hydrogen) atoms. The summed E-state index contributed by atoms with van der Waals surface area (Å²) in [5.41, 5.74) is 9.28. The Labute approximate surface area is 580 Å². The zero-order chi connectivity index (χ0) is 80.8. The van der Waals surface area contributed by atoms with Crippen molar-refractivity contribution in [2.24, 2.45) is 0 Å². The lowest BCUT2D eigenvalue weighted by Gasteiger charge is -2.35. The second-order valence-corrected chi connectivity index (χ2v) is 28.1. The van der Waals surface area contributed by atoms with Crippen LogP contribution in [-0.2, 0) is 5.41 Å². The third-order valence-corrected chi connectivity index (χ3v) is 22.3. The average Bonchev–Trinajstić information content (AvgIpc) is 1.44. The predicted molar refractivity (Wildman–Crippen MR) is 393 cm³/mol. The molecule has 1 aliphatic heterocycles. The lowest BCUT2D eigenvalue weighted by atomic mass is 9.87. The van der Waals surface area contributed by atoms with Crippen molar-refractivity contribution in [3.05, 3.63) is 333 Å². The number of hydrogen-bond acceptors (Lipinski definition) is 3. The maximum Gasteiger partial charge on any atom is 0.269 e. The summed E-state index contributed by atoms with van der Waals surface area (Å²) in [5.74, 6) is 1.63. The molecule has 0 aliphatic carbocycles. The summed E-state index contributed by atoms with van der Waals surface area (Å²) in [6.45, 7) is 6.47. The first-order chi connectivity index (χ1) is 55.0. The van der Waals surface area contributed by atoms with Crippen LogP contribution in [0.5, 0.6) is 11.5 Å². The van der Waals surface area contributed by atoms with E-state index in [1.54, 1.807) is 28.8 Å². The minimum Gasteiger partial charge on any atom is -0.458 e. The summed E-state index contributed by atoms with van der Waals surface area (Å²) in [4.78, 5) is 4.91. The van der Waals surface area contributed by atoms with Gasteiger partial charge in [-0.2, -0.15) is 0 Å². The number of furan rings is 1. The highest BCUT2D eigenvalue weighted by atomic mass is 28.3. The zero-order valence-corrected chi connectivity index (χ0v) is 52.2. The minimum atomic E-state index is -5.83. The number of aromatic nitrogens is 4. The van der Waals surface area contributed by atoms with Gasteiger partial charge in [0, 0.05) is 33.8 Å². The van der Waals surface area contributed by atoms with E-state index in [2.05, 4.69) is 55.9 Å². The van der Waals surface area contributed by atoms with Crippen LogP contribution >= 0.6 is 0 Å². The Hall–Kier alpha value is -11.9. The molecular weight excluding hydrogens is 1170 g/mol. The molecule has 0 bridgehead atoms. The van der Waals surface area contributed by atoms with Crippen molar-refractivity contribution >= 4 is 83.6 Å². The molecule has 17 aromatic rings. The van der Waals surface area contributed by atoms with Crippen LogP contribution in [0.15, 0.2) is 326 Å². The van der Waals surface area contributed by atoms with E-state index in [4.69, 9.17) is 19.6 Å². The van der Waals surface area contributed by atoms with Gasteiger partial charge in [0.25, 0.3) is 6.33 Å². The van der Waals surface area contributed by atoms with E-state index in [0.717, 1.165) is 49.5 Å². The topological polar surface area (TPSA) is 49.0 Å². The molecule has 450 valence electrons. The summed E-state index contributed by atoms with van der Waals surface area (Å²) in [5, 5.41) is 1.39. The fourth-order valence-electron chi connectivity index (χ4n) is 13.9. The number of pyridine rings is 1. The van der Waals surface area contributed by atoms with Crippen molar-refractivity contribution in [1.29, 1.82) is 0 Å². The third kappa shape index (κ3) is 9.14. The maximum atomic E-state index is 10.0. The van der Waals surface area contributed by atoms with Gasteiger partial charge in [-0.25, -0.2) is 4.98 Å². The molecule has 0 saturated carbocycles. The number of hydrogen-bond donors (Lipinski definition) is 0. The van der Waals surface area contributed by atoms with Gasteiger partial charge in [0.15, 0.2) is 8.07 Å². The molecule has 6 nitrogen and oxygen atoms in total. The molecule has 7 heteroatoms. The Morgan fingerprint density at radius 1 is 0.432 bits per heavy atom. The second kappa shape index (κ2) is 22.2. The summed E-state index contributed by atoms with van der Waals surface area (Å²) in [7, 11) is -5.83. The SMILES string of the molecule is [2H]c1c([2H])c([2H])c(-c2cccc3c2-[n+]2[c-]n(-c4cccc(Oc5ccc6c7ccccc7n(-c7cc(C(C)(C)C)ccn7)c6c5)c4)c4cc(-c5ccc6oc7ccccc7c6c5)cc(c42)-c2ccccc2-c2ccc([Si](c4c([2H])c([2H])c([2H])c([2H])c4[2H])(c4c([2H])c([2H])c([2H])c([2H])c4[2H])c4c([2H])c([2H])c([2H])c([2H])c4[2H])cc2-3)c([2H])c1[2H]. The zero-order valence-electron chi connectivity index (χ0n) is 71.2. The smallest absolute Gasteiger partial charge is 0.269 e. The quantitative estimate of drug-likeness (QED) is 0.0593. The highest BCUT2D eigenvalue weighted by molar-refractivity contribution is 7.20.